The molecule has 0 aliphatic heterocycles. The van der Waals surface area contributed by atoms with Gasteiger partial charge < -0.3 is 9.64 Å². The molecule has 6 nitrogen and oxygen atoms in total. The van der Waals surface area contributed by atoms with Crippen LogP contribution in [0.25, 0.3) is 0 Å². The SMILES string of the molecule is CCN(C(=O)Nc1ncncc1OC)C1CC1. The fraction of sp³-hybridized carbons (Fsp3) is 0.545. The molecule has 0 bridgehead atoms. The van der Waals surface area contributed by atoms with Gasteiger partial charge in [-0.3, -0.25) is 5.32 Å². The Morgan fingerprint density at radius 3 is 3.00 bits per heavy atom. The molecular weight excluding hydrogens is 220 g/mol. The van der Waals surface area contributed by atoms with Crippen LogP contribution in [0.4, 0.5) is 10.6 Å². The van der Waals surface area contributed by atoms with E-state index in [4.69, 9.17) is 4.74 Å². The van der Waals surface area contributed by atoms with Crippen LogP contribution in [0.5, 0.6) is 5.75 Å². The van der Waals surface area contributed by atoms with E-state index in [1.165, 1.54) is 19.6 Å². The maximum Gasteiger partial charge on any atom is 0.323 e. The van der Waals surface area contributed by atoms with Gasteiger partial charge in [-0.25, -0.2) is 14.8 Å². The Bertz CT molecular complexity index is 406. The number of nitrogens with one attached hydrogen (secondary N) is 1. The molecule has 6 heteroatoms. The van der Waals surface area contributed by atoms with Crippen molar-refractivity contribution < 1.29 is 9.53 Å². The van der Waals surface area contributed by atoms with Gasteiger partial charge in [0, 0.05) is 12.6 Å². The summed E-state index contributed by atoms with van der Waals surface area (Å²) in [6.07, 6.45) is 5.08. The highest BCUT2D eigenvalue weighted by Crippen LogP contribution is 2.27. The zero-order valence-corrected chi connectivity index (χ0v) is 10.0. The summed E-state index contributed by atoms with van der Waals surface area (Å²) in [5.41, 5.74) is 0. The Balaban J connectivity index is 2.06. The van der Waals surface area contributed by atoms with Gasteiger partial charge in [0.25, 0.3) is 0 Å². The second-order valence-corrected chi connectivity index (χ2v) is 3.89. The Kier molecular flexibility index (Phi) is 3.41. The van der Waals surface area contributed by atoms with Crippen LogP contribution in [0.15, 0.2) is 12.5 Å². The minimum absolute atomic E-state index is 0.132. The standard InChI is InChI=1S/C11H16N4O2/c1-3-15(8-4-5-8)11(16)14-10-9(17-2)6-12-7-13-10/h6-8H,3-5H2,1-2H3,(H,12,13,14,16). The van der Waals surface area contributed by atoms with Crippen molar-refractivity contribution in [2.75, 3.05) is 19.0 Å². The Hall–Kier alpha value is -1.85. The fourth-order valence-corrected chi connectivity index (χ4v) is 1.69. The zero-order valence-electron chi connectivity index (χ0n) is 10.0. The molecule has 92 valence electrons. The maximum atomic E-state index is 12.0. The van der Waals surface area contributed by atoms with Crippen LogP contribution in [0.2, 0.25) is 0 Å². The monoisotopic (exact) mass is 236 g/mol. The average molecular weight is 236 g/mol. The number of hydrogen-bond acceptors (Lipinski definition) is 4. The summed E-state index contributed by atoms with van der Waals surface area (Å²) in [6, 6.07) is 0.250. The Morgan fingerprint density at radius 1 is 1.65 bits per heavy atom. The summed E-state index contributed by atoms with van der Waals surface area (Å²) >= 11 is 0. The lowest BCUT2D eigenvalue weighted by molar-refractivity contribution is 0.211. The molecule has 17 heavy (non-hydrogen) atoms. The third kappa shape index (κ3) is 2.64. The number of carbonyl (C=O) groups excluding carboxylic acids is 1. The normalized spacial score (nSPS) is 14.2. The molecule has 2 amide bonds. The molecule has 1 aromatic rings. The topological polar surface area (TPSA) is 67.4 Å². The number of anilines is 1. The summed E-state index contributed by atoms with van der Waals surface area (Å²) in [4.78, 5) is 21.6. The van der Waals surface area contributed by atoms with E-state index in [1.807, 2.05) is 11.8 Å². The molecular formula is C11H16N4O2. The third-order valence-electron chi connectivity index (χ3n) is 2.71. The van der Waals surface area contributed by atoms with Gasteiger partial charge in [-0.05, 0) is 19.8 Å². The van der Waals surface area contributed by atoms with E-state index >= 15 is 0 Å². The number of aromatic nitrogens is 2. The van der Waals surface area contributed by atoms with Crippen molar-refractivity contribution >= 4 is 11.8 Å². The number of carbonyl (C=O) groups is 1. The lowest BCUT2D eigenvalue weighted by atomic mass is 10.5. The van der Waals surface area contributed by atoms with E-state index in [2.05, 4.69) is 15.3 Å². The number of rotatable bonds is 4. The fourth-order valence-electron chi connectivity index (χ4n) is 1.69. The molecule has 2 rings (SSSR count). The average Bonchev–Trinajstić information content (AvgIpc) is 3.15. The third-order valence-corrected chi connectivity index (χ3v) is 2.71. The van der Waals surface area contributed by atoms with E-state index in [-0.39, 0.29) is 6.03 Å². The van der Waals surface area contributed by atoms with E-state index in [0.29, 0.717) is 24.2 Å². The lowest BCUT2D eigenvalue weighted by Gasteiger charge is -2.20. The summed E-state index contributed by atoms with van der Waals surface area (Å²) in [7, 11) is 1.52. The minimum atomic E-state index is -0.132. The lowest BCUT2D eigenvalue weighted by Crippen LogP contribution is -2.36. The van der Waals surface area contributed by atoms with Crippen molar-refractivity contribution in [1.82, 2.24) is 14.9 Å². The van der Waals surface area contributed by atoms with E-state index in [9.17, 15) is 4.79 Å². The highest BCUT2D eigenvalue weighted by molar-refractivity contribution is 5.90. The van der Waals surface area contributed by atoms with Gasteiger partial charge in [-0.15, -0.1) is 0 Å². The van der Waals surface area contributed by atoms with Crippen LogP contribution in [0, 0.1) is 0 Å². The molecule has 0 atom stereocenters. The molecule has 1 heterocycles. The molecule has 0 saturated heterocycles. The van der Waals surface area contributed by atoms with E-state index in [0.717, 1.165) is 12.8 Å². The predicted octanol–water partition coefficient (Wildman–Crippen LogP) is 1.50. The maximum absolute atomic E-state index is 12.0. The van der Waals surface area contributed by atoms with E-state index in [1.54, 1.807) is 0 Å². The molecule has 1 N–H and O–H groups in total. The van der Waals surface area contributed by atoms with Crippen molar-refractivity contribution in [1.29, 1.82) is 0 Å². The van der Waals surface area contributed by atoms with Crippen molar-refractivity contribution in [3.05, 3.63) is 12.5 Å². The van der Waals surface area contributed by atoms with E-state index < -0.39 is 0 Å². The molecule has 1 fully saturated rings. The first-order valence-corrected chi connectivity index (χ1v) is 5.68. The smallest absolute Gasteiger partial charge is 0.323 e. The van der Waals surface area contributed by atoms with Crippen molar-refractivity contribution in [3.8, 4) is 5.75 Å². The number of nitrogens with zero attached hydrogens (tertiary/aromatic N) is 3. The number of methoxy groups -OCH3 is 1. The molecule has 1 saturated carbocycles. The summed E-state index contributed by atoms with van der Waals surface area (Å²) in [5.74, 6) is 0.874. The van der Waals surface area contributed by atoms with Gasteiger partial charge >= 0.3 is 6.03 Å². The van der Waals surface area contributed by atoms with Crippen LogP contribution < -0.4 is 10.1 Å². The van der Waals surface area contributed by atoms with Crippen LogP contribution in [-0.2, 0) is 0 Å². The van der Waals surface area contributed by atoms with Crippen molar-refractivity contribution in [2.24, 2.45) is 0 Å². The van der Waals surface area contributed by atoms with Crippen LogP contribution in [-0.4, -0.2) is 40.6 Å². The number of urea groups is 1. The first kappa shape index (κ1) is 11.6. The summed E-state index contributed by atoms with van der Waals surface area (Å²) in [5, 5.41) is 2.74. The van der Waals surface area contributed by atoms with Crippen molar-refractivity contribution in [2.45, 2.75) is 25.8 Å². The first-order chi connectivity index (χ1) is 8.26. The number of hydrogen-bond donors (Lipinski definition) is 1. The van der Waals surface area contributed by atoms with Gasteiger partial charge in [-0.2, -0.15) is 0 Å². The molecule has 0 spiro atoms. The van der Waals surface area contributed by atoms with Gasteiger partial charge in [0.2, 0.25) is 0 Å². The summed E-state index contributed by atoms with van der Waals surface area (Å²) < 4.78 is 5.08. The molecule has 1 aromatic heterocycles. The van der Waals surface area contributed by atoms with Crippen molar-refractivity contribution in [3.63, 3.8) is 0 Å². The molecule has 1 aliphatic carbocycles. The van der Waals surface area contributed by atoms with Crippen LogP contribution in [0.3, 0.4) is 0 Å². The number of ether oxygens (including phenoxy) is 1. The van der Waals surface area contributed by atoms with Gasteiger partial charge in [-0.1, -0.05) is 0 Å². The largest absolute Gasteiger partial charge is 0.491 e. The quantitative estimate of drug-likeness (QED) is 0.860. The van der Waals surface area contributed by atoms with Gasteiger partial charge in [0.15, 0.2) is 11.6 Å². The predicted molar refractivity (Wildman–Crippen MR) is 63.0 cm³/mol. The first-order valence-electron chi connectivity index (χ1n) is 5.68. The minimum Gasteiger partial charge on any atom is -0.491 e. The Morgan fingerprint density at radius 2 is 2.41 bits per heavy atom. The molecule has 0 unspecified atom stereocenters. The highest BCUT2D eigenvalue weighted by Gasteiger charge is 2.31. The van der Waals surface area contributed by atoms with Gasteiger partial charge in [0.05, 0.1) is 13.3 Å². The van der Waals surface area contributed by atoms with Gasteiger partial charge in [0.1, 0.15) is 6.33 Å². The zero-order chi connectivity index (χ0) is 12.3. The molecule has 0 radical (unpaired) electrons. The van der Waals surface area contributed by atoms with Crippen LogP contribution in [0.1, 0.15) is 19.8 Å². The number of amides is 2. The Labute approximate surface area is 100 Å². The highest BCUT2D eigenvalue weighted by atomic mass is 16.5. The molecule has 0 aromatic carbocycles. The summed E-state index contributed by atoms with van der Waals surface area (Å²) in [6.45, 7) is 2.67. The second-order valence-electron chi connectivity index (χ2n) is 3.89. The van der Waals surface area contributed by atoms with Crippen LogP contribution >= 0.6 is 0 Å². The second kappa shape index (κ2) is 4.99. The molecule has 1 aliphatic rings.